The molecule has 1 aliphatic heterocycles. The van der Waals surface area contributed by atoms with Gasteiger partial charge in [-0.25, -0.2) is 29.1 Å². The quantitative estimate of drug-likeness (QED) is 0.141. The number of hydrogen-bond acceptors (Lipinski definition) is 10. The third kappa shape index (κ3) is 10.6. The Morgan fingerprint density at radius 2 is 1.80 bits per heavy atom. The van der Waals surface area contributed by atoms with Gasteiger partial charge in [0.25, 0.3) is 0 Å². The number of pyridine rings is 1. The van der Waals surface area contributed by atoms with E-state index in [1.165, 1.54) is 17.4 Å². The average molecular weight is 835 g/mol. The number of carboxylic acids is 1. The first-order chi connectivity index (χ1) is 26.3. The van der Waals surface area contributed by atoms with Crippen molar-refractivity contribution in [1.29, 1.82) is 5.26 Å². The van der Waals surface area contributed by atoms with Gasteiger partial charge in [0.2, 0.25) is 5.88 Å². The maximum atomic E-state index is 14.3. The zero-order valence-corrected chi connectivity index (χ0v) is 34.6. The van der Waals surface area contributed by atoms with Crippen LogP contribution in [0.2, 0.25) is 0 Å². The second-order valence-corrected chi connectivity index (χ2v) is 14.4. The summed E-state index contributed by atoms with van der Waals surface area (Å²) < 4.78 is 23.8. The topological polar surface area (TPSA) is 130 Å². The van der Waals surface area contributed by atoms with Crippen LogP contribution in [0.5, 0.6) is 5.88 Å². The molecule has 0 saturated carbocycles. The van der Waals surface area contributed by atoms with Gasteiger partial charge < -0.3 is 14.4 Å². The van der Waals surface area contributed by atoms with E-state index < -0.39 is 11.8 Å². The number of halogens is 2. The van der Waals surface area contributed by atoms with Gasteiger partial charge in [0.05, 0.1) is 56.4 Å². The maximum Gasteiger partial charge on any atom is 0.335 e. The van der Waals surface area contributed by atoms with Gasteiger partial charge >= 0.3 is 5.97 Å². The number of piperidine rings is 1. The molecule has 54 heavy (non-hydrogen) atoms. The van der Waals surface area contributed by atoms with Crippen LogP contribution >= 0.6 is 38.6 Å². The molecule has 0 spiro atoms. The van der Waals surface area contributed by atoms with Crippen LogP contribution in [0.15, 0.2) is 70.8 Å². The minimum atomic E-state index is -0.970. The Hall–Kier alpha value is -4.55. The number of carbonyl (C=O) groups is 1. The summed E-state index contributed by atoms with van der Waals surface area (Å²) in [5.74, 6) is 0.151. The van der Waals surface area contributed by atoms with E-state index in [4.69, 9.17) is 20.0 Å². The molecule has 0 unspecified atom stereocenters. The summed E-state index contributed by atoms with van der Waals surface area (Å²) in [5.41, 5.74) is 5.04. The average Bonchev–Trinajstić information content (AvgIpc) is 3.92. The van der Waals surface area contributed by atoms with E-state index in [0.29, 0.717) is 28.7 Å². The number of fused-ring (bicyclic) bond motifs is 2. The van der Waals surface area contributed by atoms with Crippen molar-refractivity contribution < 1.29 is 19.0 Å². The third-order valence-electron chi connectivity index (χ3n) is 8.38. The van der Waals surface area contributed by atoms with Crippen molar-refractivity contribution in [3.8, 4) is 11.9 Å². The summed E-state index contributed by atoms with van der Waals surface area (Å²) in [4.78, 5) is 33.5. The molecule has 0 aliphatic carbocycles. The van der Waals surface area contributed by atoms with Crippen molar-refractivity contribution in [2.24, 2.45) is 0 Å². The highest BCUT2D eigenvalue weighted by atomic mass is 79.9. The Morgan fingerprint density at radius 3 is 2.44 bits per heavy atom. The van der Waals surface area contributed by atoms with Crippen molar-refractivity contribution in [1.82, 2.24) is 29.4 Å². The van der Waals surface area contributed by atoms with Crippen molar-refractivity contribution in [3.05, 3.63) is 109 Å². The normalized spacial score (nSPS) is 13.0. The number of aromatic carboxylic acids is 1. The second kappa shape index (κ2) is 20.8. The van der Waals surface area contributed by atoms with Crippen molar-refractivity contribution in [2.45, 2.75) is 80.0 Å². The van der Waals surface area contributed by atoms with Gasteiger partial charge in [0, 0.05) is 17.7 Å². The number of nitrogens with zero attached hydrogens (tertiary/aromatic N) is 7. The van der Waals surface area contributed by atoms with Crippen LogP contribution < -0.4 is 4.74 Å². The molecule has 1 fully saturated rings. The summed E-state index contributed by atoms with van der Waals surface area (Å²) in [6.45, 7) is 15.0. The number of hydrogen-bond donors (Lipinski definition) is 1. The highest BCUT2D eigenvalue weighted by molar-refractivity contribution is 9.10. The van der Waals surface area contributed by atoms with E-state index in [1.54, 1.807) is 41.1 Å². The summed E-state index contributed by atoms with van der Waals surface area (Å²) in [6.07, 6.45) is 5.83. The largest absolute Gasteiger partial charge is 0.478 e. The smallest absolute Gasteiger partial charge is 0.335 e. The lowest BCUT2D eigenvalue weighted by Crippen LogP contribution is -2.33. The van der Waals surface area contributed by atoms with Crippen LogP contribution in [-0.2, 0) is 19.7 Å². The Morgan fingerprint density at radius 1 is 1.06 bits per heavy atom. The number of aromatic nitrogens is 5. The molecule has 10 nitrogen and oxygen atoms in total. The Bertz CT molecular complexity index is 2210. The standard InChI is InChI=1S/C32H25BrFN7O3S2.C4H8.2C2H6/c33-31-26(45-17-36-31)14-41-24-12-20(32(42)43)4-5-23(24)37-27(41)15-40-8-6-19(7-9-40)22-2-1-3-28(38-22)44-16-29-39-30-21(34)10-18(13-35)11-25(30)46-29;1-3-4-2;2*1-2/h1-5,10-12,17,19H,6-9,14-16H2,(H,42,43);3-4H,1-2H3;2*1-2H3/b;4-3-;;. The first-order valence-corrected chi connectivity index (χ1v) is 20.4. The first-order valence-electron chi connectivity index (χ1n) is 17.9. The molecule has 1 N–H and O–H groups in total. The third-order valence-corrected chi connectivity index (χ3v) is 11.1. The van der Waals surface area contributed by atoms with Crippen LogP contribution in [0.1, 0.15) is 97.6 Å². The van der Waals surface area contributed by atoms with Gasteiger partial charge in [0.1, 0.15) is 27.6 Å². The molecule has 1 saturated heterocycles. The molecule has 284 valence electrons. The zero-order valence-electron chi connectivity index (χ0n) is 31.3. The lowest BCUT2D eigenvalue weighted by atomic mass is 9.93. The lowest BCUT2D eigenvalue weighted by molar-refractivity contribution is 0.0697. The predicted octanol–water partition coefficient (Wildman–Crippen LogP) is 10.6. The van der Waals surface area contributed by atoms with E-state index >= 15 is 0 Å². The van der Waals surface area contributed by atoms with Crippen molar-refractivity contribution in [3.63, 3.8) is 0 Å². The van der Waals surface area contributed by atoms with Crippen molar-refractivity contribution in [2.75, 3.05) is 13.1 Å². The molecular formula is C40H45BrFN7O3S2. The molecule has 4 aromatic heterocycles. The lowest BCUT2D eigenvalue weighted by Gasteiger charge is -2.31. The minimum Gasteiger partial charge on any atom is -0.478 e. The monoisotopic (exact) mass is 833 g/mol. The SMILES string of the molecule is C/C=C\C.CC.CC.N#Cc1cc(F)c2nc(COc3cccc(C4CCN(Cc5nc6ccc(C(=O)O)cc6n5Cc5scnc5Br)CC4)n3)sc2c1. The van der Waals surface area contributed by atoms with E-state index in [2.05, 4.69) is 35.4 Å². The minimum absolute atomic E-state index is 0.155. The van der Waals surface area contributed by atoms with Crippen LogP contribution in [0.3, 0.4) is 0 Å². The van der Waals surface area contributed by atoms with E-state index in [-0.39, 0.29) is 29.2 Å². The van der Waals surface area contributed by atoms with Gasteiger partial charge in [-0.05, 0) is 92.1 Å². The van der Waals surface area contributed by atoms with Gasteiger partial charge in [-0.3, -0.25) is 4.90 Å². The molecule has 6 aromatic rings. The fourth-order valence-electron chi connectivity index (χ4n) is 5.73. The van der Waals surface area contributed by atoms with Gasteiger partial charge in [-0.1, -0.05) is 45.9 Å². The number of allylic oxidation sites excluding steroid dienone is 2. The summed E-state index contributed by atoms with van der Waals surface area (Å²) >= 11 is 6.37. The number of ether oxygens (including phenoxy) is 1. The molecule has 5 heterocycles. The maximum absolute atomic E-state index is 14.3. The Kier molecular flexibility index (Phi) is 16.2. The Balaban J connectivity index is 0.000000752. The van der Waals surface area contributed by atoms with E-state index in [0.717, 1.165) is 58.0 Å². The molecule has 0 radical (unpaired) electrons. The van der Waals surface area contributed by atoms with E-state index in [9.17, 15) is 14.3 Å². The van der Waals surface area contributed by atoms with Crippen LogP contribution in [-0.4, -0.2) is 53.6 Å². The molecule has 2 aromatic carbocycles. The number of benzene rings is 2. The Labute approximate surface area is 332 Å². The van der Waals surface area contributed by atoms with Crippen LogP contribution in [0.4, 0.5) is 4.39 Å². The molecule has 7 rings (SSSR count). The van der Waals surface area contributed by atoms with Gasteiger partial charge in [-0.2, -0.15) is 5.26 Å². The van der Waals surface area contributed by atoms with Crippen molar-refractivity contribution >= 4 is 65.8 Å². The number of carboxylic acid groups (broad SMARTS) is 1. The van der Waals surface area contributed by atoms with Gasteiger partial charge in [-0.15, -0.1) is 22.7 Å². The number of nitriles is 1. The fraction of sp³-hybridized carbons (Fsp3) is 0.350. The molecule has 1 aliphatic rings. The van der Waals surface area contributed by atoms with Crippen LogP contribution in [0.25, 0.3) is 21.3 Å². The molecule has 0 atom stereocenters. The second-order valence-electron chi connectivity index (χ2n) is 11.6. The number of rotatable bonds is 9. The van der Waals surface area contributed by atoms with Gasteiger partial charge in [0.15, 0.2) is 5.82 Å². The summed E-state index contributed by atoms with van der Waals surface area (Å²) in [7, 11) is 0. The number of likely N-dealkylation sites (tertiary alicyclic amines) is 1. The molecule has 0 bridgehead atoms. The van der Waals surface area contributed by atoms with Crippen LogP contribution in [0, 0.1) is 17.1 Å². The molecule has 0 amide bonds. The summed E-state index contributed by atoms with van der Waals surface area (Å²) in [6, 6.07) is 15.6. The predicted molar refractivity (Wildman–Crippen MR) is 219 cm³/mol. The molecule has 14 heteroatoms. The first kappa shape index (κ1) is 42.2. The molecular weight excluding hydrogens is 790 g/mol. The highest BCUT2D eigenvalue weighted by Gasteiger charge is 2.25. The zero-order chi connectivity index (χ0) is 39.2. The van der Waals surface area contributed by atoms with E-state index in [1.807, 2.05) is 78.0 Å². The highest BCUT2D eigenvalue weighted by Crippen LogP contribution is 2.31. The number of imidazole rings is 1. The summed E-state index contributed by atoms with van der Waals surface area (Å²) in [5, 5.41) is 19.3. The fourth-order valence-corrected chi connectivity index (χ4v) is 7.94. The number of thiazole rings is 2.